The van der Waals surface area contributed by atoms with E-state index in [2.05, 4.69) is 5.32 Å². The van der Waals surface area contributed by atoms with Gasteiger partial charge in [-0.2, -0.15) is 12.7 Å². The fourth-order valence-corrected chi connectivity index (χ4v) is 4.76. The molecule has 0 fully saturated rings. The summed E-state index contributed by atoms with van der Waals surface area (Å²) in [5.41, 5.74) is 0.735. The molecule has 0 aromatic heterocycles. The molecule has 0 bridgehead atoms. The fraction of sp³-hybridized carbons (Fsp3) is 0.462. The Morgan fingerprint density at radius 1 is 0.972 bits per heavy atom. The molecule has 0 spiro atoms. The first-order valence-electron chi connectivity index (χ1n) is 12.1. The summed E-state index contributed by atoms with van der Waals surface area (Å²) in [5, 5.41) is 2.92. The van der Waals surface area contributed by atoms with E-state index in [1.165, 1.54) is 37.2 Å². The molecule has 2 atom stereocenters. The Morgan fingerprint density at radius 3 is 2.14 bits per heavy atom. The number of halogens is 1. The van der Waals surface area contributed by atoms with Crippen LogP contribution < -0.4 is 9.62 Å². The monoisotopic (exact) mass is 520 g/mol. The van der Waals surface area contributed by atoms with Crippen molar-refractivity contribution in [2.24, 2.45) is 0 Å². The maximum atomic E-state index is 14.7. The Balaban J connectivity index is 2.44. The molecule has 0 unspecified atom stereocenters. The van der Waals surface area contributed by atoms with Crippen LogP contribution in [0.25, 0.3) is 0 Å². The molecule has 8 nitrogen and oxygen atoms in total. The number of rotatable bonds is 13. The van der Waals surface area contributed by atoms with Gasteiger partial charge in [0, 0.05) is 26.7 Å². The highest BCUT2D eigenvalue weighted by atomic mass is 32.2. The Morgan fingerprint density at radius 2 is 1.58 bits per heavy atom. The third-order valence-electron chi connectivity index (χ3n) is 6.01. The van der Waals surface area contributed by atoms with E-state index in [1.54, 1.807) is 6.92 Å². The van der Waals surface area contributed by atoms with Crippen molar-refractivity contribution in [3.8, 4) is 0 Å². The quantitative estimate of drug-likeness (QED) is 0.439. The van der Waals surface area contributed by atoms with Gasteiger partial charge < -0.3 is 10.2 Å². The summed E-state index contributed by atoms with van der Waals surface area (Å²) in [5.74, 6) is -1.67. The Labute approximate surface area is 214 Å². The SMILES string of the molecule is CC[C@@H](C)NC(=O)[C@H](CC)N(CCc1ccccc1)C(=O)CN(c1ccccc1F)S(=O)(=O)N(C)C. The minimum Gasteiger partial charge on any atom is -0.352 e. The van der Waals surface area contributed by atoms with Crippen molar-refractivity contribution in [2.45, 2.75) is 52.1 Å². The van der Waals surface area contributed by atoms with Gasteiger partial charge in [-0.15, -0.1) is 0 Å². The summed E-state index contributed by atoms with van der Waals surface area (Å²) in [6.45, 7) is 5.17. The predicted octanol–water partition coefficient (Wildman–Crippen LogP) is 3.20. The van der Waals surface area contributed by atoms with Gasteiger partial charge in [0.2, 0.25) is 11.8 Å². The molecule has 0 aliphatic carbocycles. The van der Waals surface area contributed by atoms with Gasteiger partial charge in [0.1, 0.15) is 18.4 Å². The molecule has 0 heterocycles. The van der Waals surface area contributed by atoms with E-state index >= 15 is 0 Å². The summed E-state index contributed by atoms with van der Waals surface area (Å²) in [6.07, 6.45) is 1.53. The Kier molecular flexibility index (Phi) is 10.9. The minimum atomic E-state index is -4.21. The first-order chi connectivity index (χ1) is 17.0. The van der Waals surface area contributed by atoms with E-state index in [1.807, 2.05) is 44.2 Å². The summed E-state index contributed by atoms with van der Waals surface area (Å²) in [7, 11) is -1.58. The van der Waals surface area contributed by atoms with Gasteiger partial charge in [-0.3, -0.25) is 9.59 Å². The number of benzene rings is 2. The highest BCUT2D eigenvalue weighted by Crippen LogP contribution is 2.23. The van der Waals surface area contributed by atoms with E-state index in [0.717, 1.165) is 26.7 Å². The average Bonchev–Trinajstić information content (AvgIpc) is 2.85. The number of carbonyl (C=O) groups excluding carboxylic acids is 2. The van der Waals surface area contributed by atoms with Crippen LogP contribution in [0.5, 0.6) is 0 Å². The van der Waals surface area contributed by atoms with Crippen LogP contribution in [0.3, 0.4) is 0 Å². The number of nitrogens with zero attached hydrogens (tertiary/aromatic N) is 3. The van der Waals surface area contributed by atoms with Crippen molar-refractivity contribution >= 4 is 27.7 Å². The maximum Gasteiger partial charge on any atom is 0.304 e. The second kappa shape index (κ2) is 13.4. The lowest BCUT2D eigenvalue weighted by molar-refractivity contribution is -0.139. The molecule has 0 saturated heterocycles. The van der Waals surface area contributed by atoms with Gasteiger partial charge in [-0.1, -0.05) is 56.3 Å². The Bertz CT molecular complexity index is 1110. The molecule has 2 aromatic rings. The zero-order valence-electron chi connectivity index (χ0n) is 21.6. The topological polar surface area (TPSA) is 90.0 Å². The normalized spacial score (nSPS) is 13.2. The molecule has 10 heteroatoms. The van der Waals surface area contributed by atoms with Crippen molar-refractivity contribution in [1.29, 1.82) is 0 Å². The number of hydrogen-bond donors (Lipinski definition) is 1. The highest BCUT2D eigenvalue weighted by molar-refractivity contribution is 7.90. The molecule has 0 aliphatic heterocycles. The molecule has 2 rings (SSSR count). The number of nitrogens with one attached hydrogen (secondary N) is 1. The number of para-hydroxylation sites is 1. The first-order valence-corrected chi connectivity index (χ1v) is 13.5. The summed E-state index contributed by atoms with van der Waals surface area (Å²) >= 11 is 0. The maximum absolute atomic E-state index is 14.7. The average molecular weight is 521 g/mol. The minimum absolute atomic E-state index is 0.0818. The van der Waals surface area contributed by atoms with Crippen LogP contribution >= 0.6 is 0 Å². The molecule has 0 saturated carbocycles. The molecule has 0 radical (unpaired) electrons. The molecule has 2 aromatic carbocycles. The van der Waals surface area contributed by atoms with Crippen LogP contribution in [-0.4, -0.2) is 68.7 Å². The third-order valence-corrected chi connectivity index (χ3v) is 7.82. The van der Waals surface area contributed by atoms with Crippen LogP contribution in [0.15, 0.2) is 54.6 Å². The predicted molar refractivity (Wildman–Crippen MR) is 140 cm³/mol. The standard InChI is InChI=1S/C26H37FN4O4S/c1-6-20(3)28-26(33)23(7-2)30(18-17-21-13-9-8-10-14-21)25(32)19-31(36(34,35)29(4)5)24-16-12-11-15-22(24)27/h8-16,20,23H,6-7,17-19H2,1-5H3,(H,28,33)/t20-,23+/m1/s1. The van der Waals surface area contributed by atoms with Gasteiger partial charge in [0.25, 0.3) is 0 Å². The molecule has 2 amide bonds. The summed E-state index contributed by atoms with van der Waals surface area (Å²) in [6, 6.07) is 14.0. The number of amides is 2. The van der Waals surface area contributed by atoms with E-state index < -0.39 is 34.5 Å². The van der Waals surface area contributed by atoms with Crippen LogP contribution in [0.4, 0.5) is 10.1 Å². The van der Waals surface area contributed by atoms with Crippen molar-refractivity contribution in [3.05, 3.63) is 66.0 Å². The number of carbonyl (C=O) groups is 2. The molecular formula is C26H37FN4O4S. The molecule has 1 N–H and O–H groups in total. The smallest absolute Gasteiger partial charge is 0.304 e. The van der Waals surface area contributed by atoms with Gasteiger partial charge in [0.15, 0.2) is 0 Å². The van der Waals surface area contributed by atoms with Crippen molar-refractivity contribution in [3.63, 3.8) is 0 Å². The molecule has 198 valence electrons. The zero-order valence-corrected chi connectivity index (χ0v) is 22.5. The third kappa shape index (κ3) is 7.51. The fourth-order valence-electron chi connectivity index (χ4n) is 3.69. The van der Waals surface area contributed by atoms with Crippen LogP contribution in [-0.2, 0) is 26.2 Å². The van der Waals surface area contributed by atoms with Crippen LogP contribution in [0, 0.1) is 5.82 Å². The van der Waals surface area contributed by atoms with Gasteiger partial charge in [-0.25, -0.2) is 8.70 Å². The van der Waals surface area contributed by atoms with Crippen molar-refractivity contribution in [1.82, 2.24) is 14.5 Å². The molecular weight excluding hydrogens is 483 g/mol. The first kappa shape index (κ1) is 29.3. The Hall–Kier alpha value is -2.98. The van der Waals surface area contributed by atoms with E-state index in [-0.39, 0.29) is 24.2 Å². The summed E-state index contributed by atoms with van der Waals surface area (Å²) in [4.78, 5) is 28.2. The second-order valence-corrected chi connectivity index (χ2v) is 10.9. The van der Waals surface area contributed by atoms with Crippen molar-refractivity contribution in [2.75, 3.05) is 31.5 Å². The second-order valence-electron chi connectivity index (χ2n) is 8.81. The zero-order chi connectivity index (χ0) is 26.9. The van der Waals surface area contributed by atoms with Gasteiger partial charge in [-0.05, 0) is 43.9 Å². The van der Waals surface area contributed by atoms with E-state index in [4.69, 9.17) is 0 Å². The molecule has 0 aliphatic rings. The molecule has 36 heavy (non-hydrogen) atoms. The number of hydrogen-bond acceptors (Lipinski definition) is 4. The highest BCUT2D eigenvalue weighted by Gasteiger charge is 2.34. The van der Waals surface area contributed by atoms with Gasteiger partial charge in [0.05, 0.1) is 5.69 Å². The van der Waals surface area contributed by atoms with E-state index in [0.29, 0.717) is 12.8 Å². The largest absolute Gasteiger partial charge is 0.352 e. The lowest BCUT2D eigenvalue weighted by atomic mass is 10.1. The lowest BCUT2D eigenvalue weighted by Crippen LogP contribution is -2.55. The van der Waals surface area contributed by atoms with Crippen molar-refractivity contribution < 1.29 is 22.4 Å². The van der Waals surface area contributed by atoms with E-state index in [9.17, 15) is 22.4 Å². The number of anilines is 1. The summed E-state index contributed by atoms with van der Waals surface area (Å²) < 4.78 is 42.6. The lowest BCUT2D eigenvalue weighted by Gasteiger charge is -2.34. The van der Waals surface area contributed by atoms with Crippen LogP contribution in [0.2, 0.25) is 0 Å². The van der Waals surface area contributed by atoms with Gasteiger partial charge >= 0.3 is 10.2 Å². The van der Waals surface area contributed by atoms with Crippen LogP contribution in [0.1, 0.15) is 39.2 Å².